The molecule has 1 saturated carbocycles. The van der Waals surface area contributed by atoms with Gasteiger partial charge in [0.15, 0.2) is 11.5 Å². The van der Waals surface area contributed by atoms with Crippen molar-refractivity contribution in [2.24, 2.45) is 7.05 Å². The zero-order chi connectivity index (χ0) is 26.3. The van der Waals surface area contributed by atoms with Crippen LogP contribution in [-0.4, -0.2) is 46.4 Å². The number of imidazole rings is 1. The van der Waals surface area contributed by atoms with Crippen LogP contribution in [0.2, 0.25) is 0 Å². The highest BCUT2D eigenvalue weighted by Gasteiger charge is 2.32. The van der Waals surface area contributed by atoms with Crippen molar-refractivity contribution in [2.75, 3.05) is 10.6 Å². The molecule has 4 aromatic heterocycles. The van der Waals surface area contributed by atoms with Crippen LogP contribution in [0.4, 0.5) is 17.6 Å². The number of carbonyl (C=O) groups is 1. The van der Waals surface area contributed by atoms with Gasteiger partial charge in [-0.05, 0) is 25.3 Å². The van der Waals surface area contributed by atoms with Crippen molar-refractivity contribution in [3.63, 3.8) is 0 Å². The van der Waals surface area contributed by atoms with E-state index in [2.05, 4.69) is 46.4 Å². The van der Waals surface area contributed by atoms with E-state index in [1.165, 1.54) is 6.92 Å². The summed E-state index contributed by atoms with van der Waals surface area (Å²) in [5.74, 6) is 2.51. The molecule has 0 saturated heterocycles. The zero-order valence-corrected chi connectivity index (χ0v) is 21.7. The van der Waals surface area contributed by atoms with Gasteiger partial charge >= 0.3 is 0 Å². The summed E-state index contributed by atoms with van der Waals surface area (Å²) in [5, 5.41) is 21.3. The van der Waals surface area contributed by atoms with Crippen LogP contribution in [0.25, 0.3) is 11.2 Å². The Morgan fingerprint density at radius 2 is 1.95 bits per heavy atom. The van der Waals surface area contributed by atoms with Crippen molar-refractivity contribution in [3.8, 4) is 11.5 Å². The molecule has 11 heteroatoms. The number of ether oxygens (including phenoxy) is 1. The van der Waals surface area contributed by atoms with Crippen LogP contribution in [0.15, 0.2) is 36.7 Å². The minimum Gasteiger partial charge on any atom is -0.455 e. The SMILES string of the molecule is CC(=O)Nc1cc(Oc2cnc3nc(Nc4cc(C(C)(C)C)n([C@H]5CCC[C@H]5O)n4)n(C)c3c2)ccn1. The van der Waals surface area contributed by atoms with Crippen LogP contribution in [0.1, 0.15) is 58.7 Å². The second-order valence-electron chi connectivity index (χ2n) is 10.5. The Labute approximate surface area is 214 Å². The zero-order valence-electron chi connectivity index (χ0n) is 21.7. The van der Waals surface area contributed by atoms with Gasteiger partial charge in [0.25, 0.3) is 0 Å². The molecule has 0 unspecified atom stereocenters. The maximum atomic E-state index is 11.3. The third-order valence-electron chi connectivity index (χ3n) is 6.49. The van der Waals surface area contributed by atoms with E-state index in [-0.39, 0.29) is 23.5 Å². The number of hydrogen-bond donors (Lipinski definition) is 3. The molecular weight excluding hydrogens is 472 g/mol. The largest absolute Gasteiger partial charge is 0.455 e. The molecule has 4 aromatic rings. The summed E-state index contributed by atoms with van der Waals surface area (Å²) in [6.45, 7) is 7.86. The molecule has 2 atom stereocenters. The third-order valence-corrected chi connectivity index (χ3v) is 6.49. The molecule has 0 aliphatic heterocycles. The molecule has 0 radical (unpaired) electrons. The number of anilines is 3. The highest BCUT2D eigenvalue weighted by atomic mass is 16.5. The lowest BCUT2D eigenvalue weighted by Gasteiger charge is -2.25. The van der Waals surface area contributed by atoms with Crippen LogP contribution in [0, 0.1) is 0 Å². The Hall–Kier alpha value is -3.99. The Bertz CT molecular complexity index is 1450. The van der Waals surface area contributed by atoms with Gasteiger partial charge in [0.2, 0.25) is 11.9 Å². The number of carbonyl (C=O) groups excluding carboxylic acids is 1. The first kappa shape index (κ1) is 24.7. The number of hydrogen-bond acceptors (Lipinski definition) is 8. The van der Waals surface area contributed by atoms with E-state index in [4.69, 9.17) is 9.84 Å². The van der Waals surface area contributed by atoms with E-state index in [9.17, 15) is 9.90 Å². The topological polar surface area (TPSA) is 132 Å². The monoisotopic (exact) mass is 504 g/mol. The lowest BCUT2D eigenvalue weighted by Crippen LogP contribution is -2.26. The summed E-state index contributed by atoms with van der Waals surface area (Å²) in [7, 11) is 1.90. The van der Waals surface area contributed by atoms with Crippen LogP contribution in [0.5, 0.6) is 11.5 Å². The van der Waals surface area contributed by atoms with Gasteiger partial charge in [-0.25, -0.2) is 9.97 Å². The van der Waals surface area contributed by atoms with Crippen LogP contribution in [-0.2, 0) is 17.3 Å². The Morgan fingerprint density at radius 1 is 1.14 bits per heavy atom. The van der Waals surface area contributed by atoms with Crippen LogP contribution < -0.4 is 15.4 Å². The van der Waals surface area contributed by atoms with Crippen molar-refractivity contribution in [3.05, 3.63) is 42.4 Å². The molecule has 1 amide bonds. The molecular formula is C26H32N8O3. The van der Waals surface area contributed by atoms with E-state index >= 15 is 0 Å². The molecule has 11 nitrogen and oxygen atoms in total. The first-order valence-corrected chi connectivity index (χ1v) is 12.4. The number of rotatable bonds is 6. The number of fused-ring (bicyclic) bond motifs is 1. The molecule has 0 aromatic carbocycles. The lowest BCUT2D eigenvalue weighted by atomic mass is 9.91. The van der Waals surface area contributed by atoms with E-state index in [0.29, 0.717) is 34.7 Å². The van der Waals surface area contributed by atoms with Crippen molar-refractivity contribution in [2.45, 2.75) is 64.5 Å². The van der Waals surface area contributed by atoms with Gasteiger partial charge in [-0.1, -0.05) is 20.8 Å². The number of nitrogens with one attached hydrogen (secondary N) is 2. The number of aryl methyl sites for hydroxylation is 1. The van der Waals surface area contributed by atoms with Gasteiger partial charge in [-0.2, -0.15) is 10.1 Å². The molecule has 0 bridgehead atoms. The first-order chi connectivity index (χ1) is 17.6. The molecule has 1 fully saturated rings. The minimum absolute atomic E-state index is 0.0223. The number of amides is 1. The minimum atomic E-state index is -0.387. The van der Waals surface area contributed by atoms with Crippen molar-refractivity contribution in [1.82, 2.24) is 29.3 Å². The molecule has 4 heterocycles. The van der Waals surface area contributed by atoms with Gasteiger partial charge in [0.1, 0.15) is 17.3 Å². The van der Waals surface area contributed by atoms with E-state index < -0.39 is 0 Å². The number of aliphatic hydroxyl groups is 1. The molecule has 1 aliphatic rings. The van der Waals surface area contributed by atoms with Gasteiger partial charge in [0.05, 0.1) is 23.9 Å². The fraction of sp³-hybridized carbons (Fsp3) is 0.423. The summed E-state index contributed by atoms with van der Waals surface area (Å²) < 4.78 is 9.84. The molecule has 5 rings (SSSR count). The molecule has 0 spiro atoms. The Kier molecular flexibility index (Phi) is 6.32. The first-order valence-electron chi connectivity index (χ1n) is 12.4. The van der Waals surface area contributed by atoms with Crippen LogP contribution in [0.3, 0.4) is 0 Å². The summed E-state index contributed by atoms with van der Waals surface area (Å²) in [5.41, 5.74) is 2.26. The fourth-order valence-corrected chi connectivity index (χ4v) is 4.67. The van der Waals surface area contributed by atoms with Gasteiger partial charge < -0.3 is 25.0 Å². The van der Waals surface area contributed by atoms with Gasteiger partial charge in [-0.15, -0.1) is 0 Å². The number of nitrogens with zero attached hydrogens (tertiary/aromatic N) is 6. The lowest BCUT2D eigenvalue weighted by molar-refractivity contribution is -0.114. The van der Waals surface area contributed by atoms with E-state index in [1.807, 2.05) is 28.4 Å². The standard InChI is InChI=1S/C26H32N8O3/c1-15(35)29-22-12-16(9-10-27-22)37-17-11-19-24(28-14-17)31-25(33(19)5)30-23-13-21(26(2,3)4)34(32-23)18-7-6-8-20(18)36/h9-14,18,20,36H,6-8H2,1-5H3,(H,27,29,35)(H,28,30,31,32)/t18-,20+/m0/s1. The number of aliphatic hydroxyl groups excluding tert-OH is 1. The second kappa shape index (κ2) is 9.47. The van der Waals surface area contributed by atoms with Gasteiger partial charge in [0, 0.05) is 49.5 Å². The van der Waals surface area contributed by atoms with Crippen molar-refractivity contribution < 1.29 is 14.6 Å². The van der Waals surface area contributed by atoms with Gasteiger partial charge in [-0.3, -0.25) is 9.48 Å². The predicted molar refractivity (Wildman–Crippen MR) is 140 cm³/mol. The predicted octanol–water partition coefficient (Wildman–Crippen LogP) is 4.44. The quantitative estimate of drug-likeness (QED) is 0.351. The summed E-state index contributed by atoms with van der Waals surface area (Å²) in [6.07, 6.45) is 5.48. The highest BCUT2D eigenvalue weighted by molar-refractivity contribution is 5.87. The van der Waals surface area contributed by atoms with Crippen molar-refractivity contribution >= 4 is 34.7 Å². The summed E-state index contributed by atoms with van der Waals surface area (Å²) in [4.78, 5) is 24.5. The maximum Gasteiger partial charge on any atom is 0.222 e. The fourth-order valence-electron chi connectivity index (χ4n) is 4.67. The third kappa shape index (κ3) is 5.12. The number of aromatic nitrogens is 6. The normalized spacial score (nSPS) is 17.8. The summed E-state index contributed by atoms with van der Waals surface area (Å²) >= 11 is 0. The molecule has 1 aliphatic carbocycles. The summed E-state index contributed by atoms with van der Waals surface area (Å²) in [6, 6.07) is 7.21. The maximum absolute atomic E-state index is 11.3. The number of pyridine rings is 2. The van der Waals surface area contributed by atoms with Crippen LogP contribution >= 0.6 is 0 Å². The Balaban J connectivity index is 1.41. The molecule has 194 valence electrons. The Morgan fingerprint density at radius 3 is 2.65 bits per heavy atom. The van der Waals surface area contributed by atoms with E-state index in [0.717, 1.165) is 30.5 Å². The van der Waals surface area contributed by atoms with E-state index in [1.54, 1.807) is 24.5 Å². The molecule has 37 heavy (non-hydrogen) atoms. The second-order valence-corrected chi connectivity index (χ2v) is 10.5. The highest BCUT2D eigenvalue weighted by Crippen LogP contribution is 2.36. The smallest absolute Gasteiger partial charge is 0.222 e. The molecule has 3 N–H and O–H groups in total. The van der Waals surface area contributed by atoms with Crippen molar-refractivity contribution in [1.29, 1.82) is 0 Å². The average Bonchev–Trinajstić information content (AvgIpc) is 3.51. The average molecular weight is 505 g/mol.